The number of hydrogen-bond donors (Lipinski definition) is 2. The minimum Gasteiger partial charge on any atom is -0.383 e. The molecule has 240 valence electrons. The molecule has 3 N–H and O–H groups in total. The first-order valence-corrected chi connectivity index (χ1v) is 16.5. The van der Waals surface area contributed by atoms with Crippen LogP contribution in [0.15, 0.2) is 181 Å². The highest BCUT2D eigenvalue weighted by molar-refractivity contribution is 6.10. The number of rotatable bonds is 5. The minimum atomic E-state index is 0.173. The number of nitrogens with zero attached hydrogens (tertiary/aromatic N) is 3. The van der Waals surface area contributed by atoms with Crippen LogP contribution in [0.1, 0.15) is 16.7 Å². The molecule has 0 aliphatic carbocycles. The predicted molar refractivity (Wildman–Crippen MR) is 209 cm³/mol. The van der Waals surface area contributed by atoms with Crippen molar-refractivity contribution in [2.24, 2.45) is 10.7 Å². The molecule has 8 rings (SSSR count). The van der Waals surface area contributed by atoms with Crippen LogP contribution in [-0.2, 0) is 0 Å². The van der Waals surface area contributed by atoms with Gasteiger partial charge in [-0.1, -0.05) is 146 Å². The maximum absolute atomic E-state index is 7.84. The van der Waals surface area contributed by atoms with Gasteiger partial charge in [-0.15, -0.1) is 0 Å². The second-order valence-corrected chi connectivity index (χ2v) is 12.0. The average Bonchev–Trinajstić information content (AvgIpc) is 3.18. The Bertz CT molecular complexity index is 2440. The summed E-state index contributed by atoms with van der Waals surface area (Å²) in [7, 11) is 0. The van der Waals surface area contributed by atoms with Gasteiger partial charge in [0.05, 0.1) is 11.0 Å². The fraction of sp³-hybridized carbons (Fsp3) is 0.0222. The van der Waals surface area contributed by atoms with Crippen molar-refractivity contribution in [2.45, 2.75) is 6.92 Å². The molecule has 0 radical (unpaired) electrons. The van der Waals surface area contributed by atoms with Crippen LogP contribution in [-0.4, -0.2) is 21.6 Å². The Kier molecular flexibility index (Phi) is 9.29. The molecular formula is C45H35N5. The van der Waals surface area contributed by atoms with E-state index in [9.17, 15) is 0 Å². The third-order valence-electron chi connectivity index (χ3n) is 8.55. The fourth-order valence-electron chi connectivity index (χ4n) is 6.05. The topological polar surface area (TPSA) is 88.0 Å². The fourth-order valence-corrected chi connectivity index (χ4v) is 6.05. The van der Waals surface area contributed by atoms with E-state index in [1.165, 1.54) is 38.9 Å². The molecule has 5 heteroatoms. The lowest BCUT2D eigenvalue weighted by atomic mass is 9.94. The summed E-state index contributed by atoms with van der Waals surface area (Å²) in [6.45, 7) is 2.16. The van der Waals surface area contributed by atoms with Gasteiger partial charge in [-0.25, -0.2) is 4.99 Å². The van der Waals surface area contributed by atoms with Crippen LogP contribution in [0, 0.1) is 12.3 Å². The van der Waals surface area contributed by atoms with E-state index < -0.39 is 0 Å². The molecule has 8 aromatic rings. The highest BCUT2D eigenvalue weighted by Crippen LogP contribution is 2.33. The first-order valence-electron chi connectivity index (χ1n) is 16.5. The molecule has 5 nitrogen and oxygen atoms in total. The number of hydrogen-bond acceptors (Lipinski definition) is 3. The molecule has 0 bridgehead atoms. The standard InChI is InChI=1S/C31H22N2.C14H13N3/c1-21-18-26(22-6-3-2-4-7-22)20-27(19-21)23-9-11-24(12-10-23)28-15-17-33-31-29(28)14-13-25-8-5-16-32-30(25)31;15-13(11-7-3-1-4-8-11)17-14(16)12-9-5-2-6-10-12/h2-20H,1H3;1-10H,(H3,15,16,17). The van der Waals surface area contributed by atoms with Gasteiger partial charge in [0.2, 0.25) is 0 Å². The highest BCUT2D eigenvalue weighted by atomic mass is 14.9. The van der Waals surface area contributed by atoms with Gasteiger partial charge >= 0.3 is 0 Å². The quantitative estimate of drug-likeness (QED) is 0.111. The third kappa shape index (κ3) is 7.08. The molecular weight excluding hydrogens is 611 g/mol. The Hall–Kier alpha value is -6.72. The van der Waals surface area contributed by atoms with Gasteiger partial charge in [0.1, 0.15) is 5.84 Å². The SMILES string of the molecule is Cc1cc(-c2ccccc2)cc(-c2ccc(-c3ccnc4c3ccc3cccnc34)cc2)c1.N=C(N=C(N)c1ccccc1)c1ccccc1. The van der Waals surface area contributed by atoms with Crippen molar-refractivity contribution in [3.05, 3.63) is 193 Å². The molecule has 0 aliphatic heterocycles. The van der Waals surface area contributed by atoms with Crippen molar-refractivity contribution in [3.8, 4) is 33.4 Å². The average molecular weight is 646 g/mol. The van der Waals surface area contributed by atoms with E-state index in [0.717, 1.165) is 32.9 Å². The molecule has 0 fully saturated rings. The van der Waals surface area contributed by atoms with Crippen LogP contribution in [0.5, 0.6) is 0 Å². The van der Waals surface area contributed by atoms with E-state index in [1.54, 1.807) is 0 Å². The van der Waals surface area contributed by atoms with Gasteiger partial charge < -0.3 is 5.73 Å². The lowest BCUT2D eigenvalue weighted by Gasteiger charge is -2.11. The van der Waals surface area contributed by atoms with Crippen LogP contribution in [0.3, 0.4) is 0 Å². The smallest absolute Gasteiger partial charge is 0.154 e. The van der Waals surface area contributed by atoms with Gasteiger partial charge in [0.25, 0.3) is 0 Å². The summed E-state index contributed by atoms with van der Waals surface area (Å²) in [6, 6.07) is 55.3. The number of amidine groups is 2. The Morgan fingerprint density at radius 3 is 1.78 bits per heavy atom. The molecule has 2 heterocycles. The molecule has 0 atom stereocenters. The summed E-state index contributed by atoms with van der Waals surface area (Å²) >= 11 is 0. The van der Waals surface area contributed by atoms with Crippen molar-refractivity contribution >= 4 is 33.5 Å². The van der Waals surface area contributed by atoms with Crippen LogP contribution < -0.4 is 5.73 Å². The zero-order valence-corrected chi connectivity index (χ0v) is 27.7. The molecule has 0 saturated heterocycles. The van der Waals surface area contributed by atoms with Crippen LogP contribution in [0.25, 0.3) is 55.2 Å². The summed E-state index contributed by atoms with van der Waals surface area (Å²) < 4.78 is 0. The van der Waals surface area contributed by atoms with E-state index >= 15 is 0 Å². The summed E-state index contributed by atoms with van der Waals surface area (Å²) in [5, 5.41) is 10.1. The van der Waals surface area contributed by atoms with Gasteiger partial charge in [-0.2, -0.15) is 0 Å². The first-order chi connectivity index (χ1) is 24.5. The molecule has 50 heavy (non-hydrogen) atoms. The Morgan fingerprint density at radius 2 is 1.10 bits per heavy atom. The third-order valence-corrected chi connectivity index (χ3v) is 8.55. The number of nitrogens with one attached hydrogen (secondary N) is 1. The number of aliphatic imine (C=N–C) groups is 1. The van der Waals surface area contributed by atoms with Gasteiger partial charge in [0, 0.05) is 34.3 Å². The van der Waals surface area contributed by atoms with E-state index in [2.05, 4.69) is 119 Å². The molecule has 6 aromatic carbocycles. The number of fused-ring (bicyclic) bond motifs is 3. The van der Waals surface area contributed by atoms with Crippen LogP contribution >= 0.6 is 0 Å². The number of benzene rings is 6. The summed E-state index contributed by atoms with van der Waals surface area (Å²) in [6.07, 6.45) is 3.71. The maximum Gasteiger partial charge on any atom is 0.154 e. The van der Waals surface area contributed by atoms with Crippen LogP contribution in [0.4, 0.5) is 0 Å². The molecule has 0 amide bonds. The second kappa shape index (κ2) is 14.6. The van der Waals surface area contributed by atoms with Gasteiger partial charge in [-0.05, 0) is 64.1 Å². The predicted octanol–water partition coefficient (Wildman–Crippen LogP) is 10.5. The Morgan fingerprint density at radius 1 is 0.520 bits per heavy atom. The van der Waals surface area contributed by atoms with Crippen molar-refractivity contribution in [1.82, 2.24) is 9.97 Å². The summed E-state index contributed by atoms with van der Waals surface area (Å²) in [4.78, 5) is 13.3. The zero-order chi connectivity index (χ0) is 34.3. The number of aryl methyl sites for hydroxylation is 1. The summed E-state index contributed by atoms with van der Waals surface area (Å²) in [5.74, 6) is 0.534. The van der Waals surface area contributed by atoms with E-state index in [4.69, 9.17) is 11.1 Å². The Labute approximate surface area is 292 Å². The van der Waals surface area contributed by atoms with Crippen molar-refractivity contribution in [2.75, 3.05) is 0 Å². The Balaban J connectivity index is 0.000000195. The van der Waals surface area contributed by atoms with Crippen molar-refractivity contribution in [3.63, 3.8) is 0 Å². The maximum atomic E-state index is 7.84. The lowest BCUT2D eigenvalue weighted by Crippen LogP contribution is -2.15. The molecule has 0 saturated carbocycles. The number of pyridine rings is 2. The van der Waals surface area contributed by atoms with E-state index in [1.807, 2.05) is 79.1 Å². The second-order valence-electron chi connectivity index (χ2n) is 12.0. The van der Waals surface area contributed by atoms with Gasteiger partial charge in [0.15, 0.2) is 5.84 Å². The number of nitrogens with two attached hydrogens (primary N) is 1. The summed E-state index contributed by atoms with van der Waals surface area (Å²) in [5.41, 5.74) is 17.9. The minimum absolute atomic E-state index is 0.173. The highest BCUT2D eigenvalue weighted by Gasteiger charge is 2.10. The van der Waals surface area contributed by atoms with E-state index in [0.29, 0.717) is 5.84 Å². The normalized spacial score (nSPS) is 11.2. The molecule has 0 unspecified atom stereocenters. The largest absolute Gasteiger partial charge is 0.383 e. The van der Waals surface area contributed by atoms with Gasteiger partial charge in [-0.3, -0.25) is 15.4 Å². The molecule has 0 spiro atoms. The monoisotopic (exact) mass is 645 g/mol. The van der Waals surface area contributed by atoms with Crippen LogP contribution in [0.2, 0.25) is 0 Å². The van der Waals surface area contributed by atoms with Crippen molar-refractivity contribution in [1.29, 1.82) is 5.41 Å². The zero-order valence-electron chi connectivity index (χ0n) is 27.7. The van der Waals surface area contributed by atoms with E-state index in [-0.39, 0.29) is 5.84 Å². The molecule has 2 aromatic heterocycles. The van der Waals surface area contributed by atoms with Crippen molar-refractivity contribution < 1.29 is 0 Å². The molecule has 0 aliphatic rings. The lowest BCUT2D eigenvalue weighted by molar-refractivity contribution is 1.37. The number of aromatic nitrogens is 2. The first kappa shape index (κ1) is 31.9.